The number of amides is 1. The highest BCUT2D eigenvalue weighted by Crippen LogP contribution is 2.39. The molecule has 0 N–H and O–H groups in total. The summed E-state index contributed by atoms with van der Waals surface area (Å²) < 4.78 is 28.7. The Morgan fingerprint density at radius 1 is 1.16 bits per heavy atom. The van der Waals surface area contributed by atoms with E-state index in [4.69, 9.17) is 25.7 Å². The van der Waals surface area contributed by atoms with E-state index in [0.717, 1.165) is 5.56 Å². The van der Waals surface area contributed by atoms with Gasteiger partial charge in [-0.3, -0.25) is 9.78 Å². The molecule has 6 rings (SSSR count). The molecule has 1 unspecified atom stereocenters. The molecule has 10 nitrogen and oxygen atoms in total. The van der Waals surface area contributed by atoms with Crippen LogP contribution in [0.5, 0.6) is 0 Å². The Hall–Kier alpha value is -3.71. The van der Waals surface area contributed by atoms with E-state index < -0.39 is 25.9 Å². The summed E-state index contributed by atoms with van der Waals surface area (Å²) in [6.07, 6.45) is 0.961. The number of halogens is 2. The van der Waals surface area contributed by atoms with E-state index in [9.17, 15) is 9.59 Å². The number of nitrogens with zero attached hydrogens (tertiary/aromatic N) is 6. The Labute approximate surface area is 298 Å². The number of aryl methyl sites for hydroxylation is 1. The van der Waals surface area contributed by atoms with Gasteiger partial charge in [-0.2, -0.15) is 4.98 Å². The quantitative estimate of drug-likeness (QED) is 0.143. The lowest BCUT2D eigenvalue weighted by Gasteiger charge is -2.40. The van der Waals surface area contributed by atoms with Crippen molar-refractivity contribution in [2.75, 3.05) is 31.1 Å². The lowest BCUT2D eigenvalue weighted by Crippen LogP contribution is -2.55. The van der Waals surface area contributed by atoms with Gasteiger partial charge in [0.2, 0.25) is 0 Å². The van der Waals surface area contributed by atoms with E-state index in [-0.39, 0.29) is 45.3 Å². The number of aromatic nitrogens is 4. The van der Waals surface area contributed by atoms with Gasteiger partial charge >= 0.3 is 5.69 Å². The van der Waals surface area contributed by atoms with Crippen molar-refractivity contribution in [1.29, 1.82) is 0 Å². The molecule has 0 saturated carbocycles. The number of benzene rings is 1. The first kappa shape index (κ1) is 36.1. The first-order valence-electron chi connectivity index (χ1n) is 17.2. The molecule has 2 aliphatic heterocycles. The molecule has 0 bridgehead atoms. The lowest BCUT2D eigenvalue weighted by atomic mass is 10.0. The van der Waals surface area contributed by atoms with Gasteiger partial charge in [-0.1, -0.05) is 58.4 Å². The molecule has 0 spiro atoms. The van der Waals surface area contributed by atoms with Crippen molar-refractivity contribution in [1.82, 2.24) is 24.4 Å². The molecule has 3 aromatic heterocycles. The zero-order valence-corrected chi connectivity index (χ0v) is 32.0. The standard InChI is InChI=1S/C37H46ClFN6O4Si/c1-21(2)29-31(22(3)14-15-40-29)45-34-25(18-26(38)30(41-34)24-12-10-11-13-27(24)39)33(42-36(45)47)44-17-16-43(19-23(44)4)35(46)32-28(49-32)20-48-50(8,9)37(5,6)7/h10-15,18,21,23,28,32H,16-17,19-20H2,1-9H3/t23?,28-,32+/m0/s1. The molecule has 2 aliphatic rings. The maximum absolute atomic E-state index is 15.1. The van der Waals surface area contributed by atoms with E-state index in [1.165, 1.54) is 10.6 Å². The van der Waals surface area contributed by atoms with Crippen LogP contribution < -0.4 is 10.6 Å². The van der Waals surface area contributed by atoms with Crippen molar-refractivity contribution in [3.63, 3.8) is 0 Å². The fourth-order valence-corrected chi connectivity index (χ4v) is 7.57. The number of carbonyl (C=O) groups is 1. The fraction of sp³-hybridized carbons (Fsp3) is 0.486. The molecular formula is C37H46ClFN6O4Si. The van der Waals surface area contributed by atoms with Crippen LogP contribution in [0.3, 0.4) is 0 Å². The maximum atomic E-state index is 15.1. The highest BCUT2D eigenvalue weighted by molar-refractivity contribution is 6.74. The molecule has 50 heavy (non-hydrogen) atoms. The van der Waals surface area contributed by atoms with Gasteiger partial charge in [0.25, 0.3) is 5.91 Å². The molecule has 0 radical (unpaired) electrons. The number of piperazine rings is 1. The van der Waals surface area contributed by atoms with Crippen LogP contribution >= 0.6 is 11.6 Å². The van der Waals surface area contributed by atoms with Gasteiger partial charge in [-0.05, 0) is 67.7 Å². The third-order valence-corrected chi connectivity index (χ3v) is 15.1. The van der Waals surface area contributed by atoms with E-state index in [0.29, 0.717) is 54.5 Å². The predicted octanol–water partition coefficient (Wildman–Crippen LogP) is 6.89. The predicted molar refractivity (Wildman–Crippen MR) is 197 cm³/mol. The number of pyridine rings is 2. The van der Waals surface area contributed by atoms with Gasteiger partial charge in [0.05, 0.1) is 34.1 Å². The smallest absolute Gasteiger partial charge is 0.355 e. The molecule has 4 aromatic rings. The number of anilines is 1. The van der Waals surface area contributed by atoms with Crippen molar-refractivity contribution >= 4 is 42.7 Å². The molecule has 266 valence electrons. The van der Waals surface area contributed by atoms with Gasteiger partial charge in [0, 0.05) is 37.4 Å². The zero-order valence-electron chi connectivity index (χ0n) is 30.3. The van der Waals surface area contributed by atoms with Crippen molar-refractivity contribution in [2.24, 2.45) is 0 Å². The third-order valence-electron chi connectivity index (χ3n) is 10.3. The Morgan fingerprint density at radius 3 is 2.54 bits per heavy atom. The minimum atomic E-state index is -1.97. The van der Waals surface area contributed by atoms with Crippen molar-refractivity contribution < 1.29 is 18.3 Å². The second-order valence-electron chi connectivity index (χ2n) is 15.2. The largest absolute Gasteiger partial charge is 0.414 e. The van der Waals surface area contributed by atoms with E-state index in [2.05, 4.69) is 43.8 Å². The second kappa shape index (κ2) is 13.4. The first-order chi connectivity index (χ1) is 23.5. The monoisotopic (exact) mass is 720 g/mol. The van der Waals surface area contributed by atoms with Crippen LogP contribution in [0, 0.1) is 12.7 Å². The number of ether oxygens (including phenoxy) is 1. The first-order valence-corrected chi connectivity index (χ1v) is 20.5. The van der Waals surface area contributed by atoms with Crippen molar-refractivity contribution in [2.45, 2.75) is 90.8 Å². The number of hydrogen-bond donors (Lipinski definition) is 0. The highest BCUT2D eigenvalue weighted by Gasteiger charge is 2.49. The van der Waals surface area contributed by atoms with Gasteiger partial charge in [-0.25, -0.2) is 18.7 Å². The average Bonchev–Trinajstić information content (AvgIpc) is 3.83. The summed E-state index contributed by atoms with van der Waals surface area (Å²) in [4.78, 5) is 45.7. The summed E-state index contributed by atoms with van der Waals surface area (Å²) in [6.45, 7) is 20.5. The summed E-state index contributed by atoms with van der Waals surface area (Å²) in [6, 6.07) is 9.63. The minimum absolute atomic E-state index is 0.0100. The van der Waals surface area contributed by atoms with Crippen LogP contribution in [0.2, 0.25) is 23.2 Å². The van der Waals surface area contributed by atoms with Gasteiger partial charge < -0.3 is 19.0 Å². The Balaban J connectivity index is 1.35. The Bertz CT molecular complexity index is 2010. The molecule has 1 amide bonds. The number of epoxide rings is 1. The van der Waals surface area contributed by atoms with Crippen LogP contribution in [0.25, 0.3) is 28.0 Å². The summed E-state index contributed by atoms with van der Waals surface area (Å²) in [5.74, 6) is -0.135. The summed E-state index contributed by atoms with van der Waals surface area (Å²) in [5, 5.41) is 0.826. The number of carbonyl (C=O) groups excluding carboxylic acids is 1. The van der Waals surface area contributed by atoms with Gasteiger partial charge in [0.1, 0.15) is 17.7 Å². The molecular weight excluding hydrogens is 675 g/mol. The normalized spacial score (nSPS) is 19.8. The van der Waals surface area contributed by atoms with Gasteiger partial charge in [-0.15, -0.1) is 0 Å². The van der Waals surface area contributed by atoms with E-state index in [1.54, 1.807) is 30.5 Å². The van der Waals surface area contributed by atoms with Crippen molar-refractivity contribution in [3.8, 4) is 16.9 Å². The summed E-state index contributed by atoms with van der Waals surface area (Å²) in [7, 11) is -1.97. The third kappa shape index (κ3) is 6.70. The van der Waals surface area contributed by atoms with Gasteiger partial charge in [0.15, 0.2) is 20.1 Å². The highest BCUT2D eigenvalue weighted by atomic mass is 35.5. The maximum Gasteiger partial charge on any atom is 0.355 e. The van der Waals surface area contributed by atoms with E-state index >= 15 is 4.39 Å². The van der Waals surface area contributed by atoms with E-state index in [1.807, 2.05) is 43.6 Å². The number of hydrogen-bond acceptors (Lipinski definition) is 8. The Morgan fingerprint density at radius 2 is 1.88 bits per heavy atom. The Kier molecular flexibility index (Phi) is 9.70. The summed E-state index contributed by atoms with van der Waals surface area (Å²) >= 11 is 6.86. The SMILES string of the molecule is Cc1ccnc(C(C)C)c1-n1c(=O)nc(N2CCN(C(=O)[C@@H]3O[C@H]3CO[Si](C)(C)C(C)(C)C)CC2C)c2cc(Cl)c(-c3ccccc3F)nc21. The second-order valence-corrected chi connectivity index (χ2v) is 20.4. The molecule has 2 fully saturated rings. The summed E-state index contributed by atoms with van der Waals surface area (Å²) in [5.41, 5.74) is 2.31. The molecule has 2 saturated heterocycles. The zero-order chi connectivity index (χ0) is 36.3. The molecule has 5 heterocycles. The molecule has 3 atom stereocenters. The molecule has 0 aliphatic carbocycles. The lowest BCUT2D eigenvalue weighted by molar-refractivity contribution is -0.133. The van der Waals surface area contributed by atoms with Crippen LogP contribution in [0.1, 0.15) is 58.7 Å². The topological polar surface area (TPSA) is 106 Å². The number of rotatable bonds is 8. The minimum Gasteiger partial charge on any atom is -0.414 e. The van der Waals surface area contributed by atoms with Crippen LogP contribution in [0.15, 0.2) is 47.4 Å². The van der Waals surface area contributed by atoms with Crippen molar-refractivity contribution in [3.05, 3.63) is 75.2 Å². The number of fused-ring (bicyclic) bond motifs is 1. The average molecular weight is 721 g/mol. The molecule has 13 heteroatoms. The fourth-order valence-electron chi connectivity index (χ4n) is 6.30. The van der Waals surface area contributed by atoms with Crippen LogP contribution in [-0.4, -0.2) is 83.1 Å². The van der Waals surface area contributed by atoms with Crippen LogP contribution in [-0.2, 0) is 14.0 Å². The molecule has 1 aromatic carbocycles. The van der Waals surface area contributed by atoms with Crippen LogP contribution in [0.4, 0.5) is 10.2 Å².